The van der Waals surface area contributed by atoms with Crippen LogP contribution in [0.4, 0.5) is 0 Å². The number of rotatable bonds is 5. The average Bonchev–Trinajstić information content (AvgIpc) is 3.13. The molecule has 1 aliphatic heterocycles. The number of hydrogen-bond acceptors (Lipinski definition) is 5. The minimum Gasteiger partial charge on any atom is -0.345 e. The maximum Gasteiger partial charge on any atom is 0.245 e. The average molecular weight is 384 g/mol. The quantitative estimate of drug-likeness (QED) is 0.792. The predicted molar refractivity (Wildman–Crippen MR) is 93.0 cm³/mol. The van der Waals surface area contributed by atoms with Crippen LogP contribution in [0, 0.1) is 0 Å². The molecule has 3 heterocycles. The highest BCUT2D eigenvalue weighted by Gasteiger charge is 2.45. The first kappa shape index (κ1) is 17.0. The lowest BCUT2D eigenvalue weighted by Gasteiger charge is -2.37. The van der Waals surface area contributed by atoms with Gasteiger partial charge in [0.2, 0.25) is 20.0 Å². The normalized spacial score (nSPS) is 21.0. The van der Waals surface area contributed by atoms with Crippen LogP contribution in [0.25, 0.3) is 11.0 Å². The maximum atomic E-state index is 12.8. The fraction of sp³-hybridized carbons (Fsp3) is 0.533. The van der Waals surface area contributed by atoms with Crippen molar-refractivity contribution >= 4 is 31.1 Å². The third kappa shape index (κ3) is 2.97. The van der Waals surface area contributed by atoms with E-state index in [-0.39, 0.29) is 24.0 Å². The summed E-state index contributed by atoms with van der Waals surface area (Å²) in [6.45, 7) is -0.0331. The highest BCUT2D eigenvalue weighted by molar-refractivity contribution is 7.91. The Morgan fingerprint density at radius 1 is 1.16 bits per heavy atom. The standard InChI is InChI=1S/C15H20N4O4S2/c20-24(21,18-11-4-1-2-5-11)12-9-19(10-12)25(22,23)14-8-17-15-13(14)6-3-7-16-15/h3,6-8,11-12,18H,1-2,4-5,9-10H2,(H,16,17). The highest BCUT2D eigenvalue weighted by Crippen LogP contribution is 2.29. The lowest BCUT2D eigenvalue weighted by molar-refractivity contribution is 0.307. The summed E-state index contributed by atoms with van der Waals surface area (Å²) in [5, 5.41) is -0.177. The van der Waals surface area contributed by atoms with Crippen LogP contribution in [-0.4, -0.2) is 55.5 Å². The van der Waals surface area contributed by atoms with Crippen molar-refractivity contribution in [2.45, 2.75) is 41.9 Å². The number of sulfonamides is 2. The molecule has 8 nitrogen and oxygen atoms in total. The van der Waals surface area contributed by atoms with E-state index in [1.807, 2.05) is 0 Å². The van der Waals surface area contributed by atoms with Crippen molar-refractivity contribution in [3.8, 4) is 0 Å². The van der Waals surface area contributed by atoms with Gasteiger partial charge in [0.05, 0.1) is 0 Å². The van der Waals surface area contributed by atoms with Crippen LogP contribution in [0.3, 0.4) is 0 Å². The van der Waals surface area contributed by atoms with E-state index < -0.39 is 25.3 Å². The topological polar surface area (TPSA) is 112 Å². The number of hydrogen-bond donors (Lipinski definition) is 2. The smallest absolute Gasteiger partial charge is 0.245 e. The van der Waals surface area contributed by atoms with E-state index >= 15 is 0 Å². The van der Waals surface area contributed by atoms with Gasteiger partial charge < -0.3 is 4.98 Å². The Morgan fingerprint density at radius 3 is 2.60 bits per heavy atom. The van der Waals surface area contributed by atoms with Crippen LogP contribution in [-0.2, 0) is 20.0 Å². The van der Waals surface area contributed by atoms with E-state index in [1.165, 1.54) is 10.5 Å². The zero-order valence-electron chi connectivity index (χ0n) is 13.6. The second kappa shape index (κ2) is 6.04. The Morgan fingerprint density at radius 2 is 1.88 bits per heavy atom. The Labute approximate surface area is 146 Å². The van der Waals surface area contributed by atoms with Gasteiger partial charge in [0.1, 0.15) is 15.8 Å². The van der Waals surface area contributed by atoms with Gasteiger partial charge in [-0.25, -0.2) is 26.5 Å². The summed E-state index contributed by atoms with van der Waals surface area (Å²) in [4.78, 5) is 7.06. The molecule has 10 heteroatoms. The van der Waals surface area contributed by atoms with E-state index in [1.54, 1.807) is 18.3 Å². The summed E-state index contributed by atoms with van der Waals surface area (Å²) >= 11 is 0. The molecule has 2 N–H and O–H groups in total. The molecule has 0 bridgehead atoms. The molecule has 0 atom stereocenters. The van der Waals surface area contributed by atoms with Gasteiger partial charge in [-0.3, -0.25) is 0 Å². The molecule has 2 fully saturated rings. The third-order valence-electron chi connectivity index (χ3n) is 4.97. The first-order chi connectivity index (χ1) is 11.9. The molecule has 0 spiro atoms. The molecule has 136 valence electrons. The summed E-state index contributed by atoms with van der Waals surface area (Å²) in [7, 11) is -7.22. The zero-order chi connectivity index (χ0) is 17.7. The van der Waals surface area contributed by atoms with Crippen LogP contribution < -0.4 is 4.72 Å². The molecule has 2 aliphatic rings. The number of aromatic nitrogens is 2. The number of nitrogens with one attached hydrogen (secondary N) is 2. The number of fused-ring (bicyclic) bond motifs is 1. The second-order valence-electron chi connectivity index (χ2n) is 6.64. The molecule has 2 aromatic rings. The largest absolute Gasteiger partial charge is 0.345 e. The minimum atomic E-state index is -3.74. The van der Waals surface area contributed by atoms with Crippen LogP contribution in [0.15, 0.2) is 29.4 Å². The highest BCUT2D eigenvalue weighted by atomic mass is 32.2. The molecule has 1 saturated carbocycles. The number of nitrogens with zero attached hydrogens (tertiary/aromatic N) is 2. The van der Waals surface area contributed by atoms with Gasteiger partial charge in [0.25, 0.3) is 0 Å². The molecule has 0 radical (unpaired) electrons. The molecule has 25 heavy (non-hydrogen) atoms. The Kier molecular flexibility index (Phi) is 4.10. The van der Waals surface area contributed by atoms with Gasteiger partial charge in [-0.05, 0) is 25.0 Å². The predicted octanol–water partition coefficient (Wildman–Crippen LogP) is 0.798. The van der Waals surface area contributed by atoms with Gasteiger partial charge in [0, 0.05) is 36.9 Å². The van der Waals surface area contributed by atoms with Gasteiger partial charge in [0.15, 0.2) is 0 Å². The van der Waals surface area contributed by atoms with Crippen LogP contribution >= 0.6 is 0 Å². The lowest BCUT2D eigenvalue weighted by atomic mass is 10.3. The summed E-state index contributed by atoms with van der Waals surface area (Å²) in [6, 6.07) is 3.35. The molecule has 0 aromatic carbocycles. The molecular weight excluding hydrogens is 364 g/mol. The van der Waals surface area contributed by atoms with Crippen molar-refractivity contribution in [3.05, 3.63) is 24.5 Å². The van der Waals surface area contributed by atoms with Crippen molar-refractivity contribution in [1.82, 2.24) is 19.0 Å². The first-order valence-electron chi connectivity index (χ1n) is 8.31. The van der Waals surface area contributed by atoms with Gasteiger partial charge in [-0.1, -0.05) is 12.8 Å². The molecule has 0 amide bonds. The van der Waals surface area contributed by atoms with E-state index in [2.05, 4.69) is 14.7 Å². The first-order valence-corrected chi connectivity index (χ1v) is 11.3. The zero-order valence-corrected chi connectivity index (χ0v) is 15.2. The number of H-pyrrole nitrogens is 1. The Hall–Kier alpha value is -1.49. The van der Waals surface area contributed by atoms with Crippen LogP contribution in [0.2, 0.25) is 0 Å². The molecule has 1 aliphatic carbocycles. The van der Waals surface area contributed by atoms with E-state index in [0.29, 0.717) is 11.0 Å². The number of pyridine rings is 1. The Balaban J connectivity index is 1.49. The molecule has 2 aromatic heterocycles. The molecule has 1 saturated heterocycles. The Bertz CT molecular complexity index is 987. The summed E-state index contributed by atoms with van der Waals surface area (Å²) in [6.07, 6.45) is 6.77. The summed E-state index contributed by atoms with van der Waals surface area (Å²) < 4.78 is 54.3. The maximum absolute atomic E-state index is 12.8. The van der Waals surface area contributed by atoms with Crippen LogP contribution in [0.5, 0.6) is 0 Å². The molecule has 4 rings (SSSR count). The summed E-state index contributed by atoms with van der Waals surface area (Å²) in [5.74, 6) is 0. The van der Waals surface area contributed by atoms with Gasteiger partial charge >= 0.3 is 0 Å². The SMILES string of the molecule is O=S(=O)(NC1CCCC1)C1CN(S(=O)(=O)c2c[nH]c3ncccc23)C1. The van der Waals surface area contributed by atoms with E-state index in [0.717, 1.165) is 25.7 Å². The molecule has 0 unspecified atom stereocenters. The number of aromatic amines is 1. The lowest BCUT2D eigenvalue weighted by Crippen LogP contribution is -2.59. The van der Waals surface area contributed by atoms with Crippen LogP contribution in [0.1, 0.15) is 25.7 Å². The van der Waals surface area contributed by atoms with Crippen molar-refractivity contribution in [1.29, 1.82) is 0 Å². The van der Waals surface area contributed by atoms with Crippen molar-refractivity contribution in [2.24, 2.45) is 0 Å². The van der Waals surface area contributed by atoms with Crippen molar-refractivity contribution < 1.29 is 16.8 Å². The monoisotopic (exact) mass is 384 g/mol. The van der Waals surface area contributed by atoms with E-state index in [9.17, 15) is 16.8 Å². The van der Waals surface area contributed by atoms with Gasteiger partial charge in [-0.15, -0.1) is 0 Å². The summed E-state index contributed by atoms with van der Waals surface area (Å²) in [5.41, 5.74) is 0.494. The molecular formula is C15H20N4O4S2. The third-order valence-corrected chi connectivity index (χ3v) is 8.68. The van der Waals surface area contributed by atoms with Crippen molar-refractivity contribution in [2.75, 3.05) is 13.1 Å². The van der Waals surface area contributed by atoms with Gasteiger partial charge in [-0.2, -0.15) is 4.31 Å². The second-order valence-corrected chi connectivity index (χ2v) is 10.5. The minimum absolute atomic E-state index is 0.00431. The fourth-order valence-electron chi connectivity index (χ4n) is 3.45. The van der Waals surface area contributed by atoms with Crippen molar-refractivity contribution in [3.63, 3.8) is 0 Å². The fourth-order valence-corrected chi connectivity index (χ4v) is 6.96. The van der Waals surface area contributed by atoms with E-state index in [4.69, 9.17) is 0 Å².